The maximum atomic E-state index is 12.7. The summed E-state index contributed by atoms with van der Waals surface area (Å²) in [6.45, 7) is 0. The van der Waals surface area contributed by atoms with Crippen molar-refractivity contribution in [3.05, 3.63) is 35.4 Å². The fourth-order valence-electron chi connectivity index (χ4n) is 2.45. The molecule has 2 nitrogen and oxygen atoms in total. The van der Waals surface area contributed by atoms with E-state index in [1.165, 1.54) is 12.1 Å². The van der Waals surface area contributed by atoms with E-state index in [0.717, 1.165) is 18.9 Å². The molecule has 2 atom stereocenters. The minimum absolute atomic E-state index is 0.0755. The Morgan fingerprint density at radius 1 is 1.32 bits per heavy atom. The van der Waals surface area contributed by atoms with Crippen LogP contribution < -0.4 is 5.32 Å². The zero-order valence-corrected chi connectivity index (χ0v) is 11.0. The first kappa shape index (κ1) is 14.3. The van der Waals surface area contributed by atoms with Gasteiger partial charge in [0, 0.05) is 7.11 Å². The van der Waals surface area contributed by atoms with E-state index in [9.17, 15) is 13.2 Å². The van der Waals surface area contributed by atoms with Crippen LogP contribution in [0.2, 0.25) is 0 Å². The number of alkyl halides is 3. The van der Waals surface area contributed by atoms with Crippen molar-refractivity contribution in [1.82, 2.24) is 5.32 Å². The van der Waals surface area contributed by atoms with E-state index in [-0.39, 0.29) is 12.1 Å². The van der Waals surface area contributed by atoms with Crippen LogP contribution in [0.25, 0.3) is 0 Å². The molecule has 0 heterocycles. The molecule has 106 valence electrons. The van der Waals surface area contributed by atoms with Crippen LogP contribution in [0, 0.1) is 5.92 Å². The van der Waals surface area contributed by atoms with Gasteiger partial charge in [-0.1, -0.05) is 12.1 Å². The van der Waals surface area contributed by atoms with E-state index in [1.54, 1.807) is 20.2 Å². The molecule has 1 N–H and O–H groups in total. The Hall–Kier alpha value is -1.07. The van der Waals surface area contributed by atoms with Crippen molar-refractivity contribution in [2.24, 2.45) is 5.92 Å². The number of nitrogens with one attached hydrogen (secondary N) is 1. The molecular weight excluding hydrogens is 255 g/mol. The summed E-state index contributed by atoms with van der Waals surface area (Å²) in [5.41, 5.74) is 0.00646. The average Bonchev–Trinajstić information content (AvgIpc) is 3.19. The van der Waals surface area contributed by atoms with Crippen molar-refractivity contribution >= 4 is 0 Å². The van der Waals surface area contributed by atoms with E-state index >= 15 is 0 Å². The molecule has 0 bridgehead atoms. The van der Waals surface area contributed by atoms with Crippen LogP contribution in [0.3, 0.4) is 0 Å². The number of benzene rings is 1. The summed E-state index contributed by atoms with van der Waals surface area (Å²) in [6.07, 6.45) is -2.23. The molecule has 19 heavy (non-hydrogen) atoms. The van der Waals surface area contributed by atoms with Gasteiger partial charge in [-0.15, -0.1) is 0 Å². The zero-order valence-electron chi connectivity index (χ0n) is 11.0. The SMILES string of the molecule is CNC(c1cccc(C(F)(F)F)c1)C(OC)C1CC1. The predicted molar refractivity (Wildman–Crippen MR) is 66.8 cm³/mol. The first-order valence-electron chi connectivity index (χ1n) is 6.34. The number of likely N-dealkylation sites (N-methyl/N-ethyl adjacent to an activating group) is 1. The summed E-state index contributed by atoms with van der Waals surface area (Å²) in [5.74, 6) is 0.442. The Morgan fingerprint density at radius 3 is 2.47 bits per heavy atom. The third kappa shape index (κ3) is 3.28. The minimum Gasteiger partial charge on any atom is -0.379 e. The summed E-state index contributed by atoms with van der Waals surface area (Å²) in [7, 11) is 3.36. The highest BCUT2D eigenvalue weighted by Crippen LogP contribution is 2.40. The van der Waals surface area contributed by atoms with Gasteiger partial charge in [0.2, 0.25) is 0 Å². The lowest BCUT2D eigenvalue weighted by atomic mass is 9.96. The second-order valence-electron chi connectivity index (χ2n) is 4.93. The molecule has 1 saturated carbocycles. The molecule has 2 rings (SSSR count). The number of hydrogen-bond acceptors (Lipinski definition) is 2. The fraction of sp³-hybridized carbons (Fsp3) is 0.571. The highest BCUT2D eigenvalue weighted by molar-refractivity contribution is 5.29. The van der Waals surface area contributed by atoms with Gasteiger partial charge in [-0.05, 0) is 43.5 Å². The van der Waals surface area contributed by atoms with Gasteiger partial charge < -0.3 is 10.1 Å². The van der Waals surface area contributed by atoms with Crippen molar-refractivity contribution in [3.63, 3.8) is 0 Å². The highest BCUT2D eigenvalue weighted by atomic mass is 19.4. The van der Waals surface area contributed by atoms with E-state index in [1.807, 2.05) is 0 Å². The van der Waals surface area contributed by atoms with Crippen molar-refractivity contribution in [2.75, 3.05) is 14.2 Å². The number of hydrogen-bond donors (Lipinski definition) is 1. The molecule has 0 aromatic heterocycles. The molecule has 1 aliphatic rings. The highest BCUT2D eigenvalue weighted by Gasteiger charge is 2.38. The van der Waals surface area contributed by atoms with Crippen LogP contribution >= 0.6 is 0 Å². The van der Waals surface area contributed by atoms with Gasteiger partial charge in [0.15, 0.2) is 0 Å². The van der Waals surface area contributed by atoms with Crippen LogP contribution in [-0.4, -0.2) is 20.3 Å². The molecule has 0 spiro atoms. The Bertz CT molecular complexity index is 429. The molecule has 0 aliphatic heterocycles. The van der Waals surface area contributed by atoms with Gasteiger partial charge in [0.05, 0.1) is 17.7 Å². The van der Waals surface area contributed by atoms with Crippen molar-refractivity contribution in [2.45, 2.75) is 31.2 Å². The maximum absolute atomic E-state index is 12.7. The molecule has 1 aromatic carbocycles. The molecule has 1 fully saturated rings. The quantitative estimate of drug-likeness (QED) is 0.888. The largest absolute Gasteiger partial charge is 0.416 e. The molecule has 0 saturated heterocycles. The van der Waals surface area contributed by atoms with E-state index < -0.39 is 11.7 Å². The van der Waals surface area contributed by atoms with Crippen LogP contribution in [0.5, 0.6) is 0 Å². The predicted octanol–water partition coefficient (Wildman–Crippen LogP) is 3.39. The van der Waals surface area contributed by atoms with Gasteiger partial charge in [0.1, 0.15) is 0 Å². The lowest BCUT2D eigenvalue weighted by Gasteiger charge is -2.26. The van der Waals surface area contributed by atoms with Crippen LogP contribution in [0.1, 0.15) is 30.0 Å². The summed E-state index contributed by atoms with van der Waals surface area (Å²) in [5, 5.41) is 3.08. The molecule has 5 heteroatoms. The molecule has 2 unspecified atom stereocenters. The second-order valence-corrected chi connectivity index (χ2v) is 4.93. The van der Waals surface area contributed by atoms with Crippen molar-refractivity contribution in [1.29, 1.82) is 0 Å². The Labute approximate surface area is 111 Å². The summed E-state index contributed by atoms with van der Waals surface area (Å²) in [6, 6.07) is 5.25. The molecule has 1 aliphatic carbocycles. The van der Waals surface area contributed by atoms with E-state index in [0.29, 0.717) is 11.5 Å². The Morgan fingerprint density at radius 2 is 2.00 bits per heavy atom. The normalized spacial score (nSPS) is 19.2. The minimum atomic E-state index is -4.31. The second kappa shape index (κ2) is 5.51. The fourth-order valence-corrected chi connectivity index (χ4v) is 2.45. The van der Waals surface area contributed by atoms with Crippen molar-refractivity contribution < 1.29 is 17.9 Å². The first-order chi connectivity index (χ1) is 8.97. The lowest BCUT2D eigenvalue weighted by molar-refractivity contribution is -0.137. The summed E-state index contributed by atoms with van der Waals surface area (Å²) in [4.78, 5) is 0. The van der Waals surface area contributed by atoms with Crippen LogP contribution in [0.15, 0.2) is 24.3 Å². The van der Waals surface area contributed by atoms with E-state index in [4.69, 9.17) is 4.74 Å². The average molecular weight is 273 g/mol. The number of ether oxygens (including phenoxy) is 1. The monoisotopic (exact) mass is 273 g/mol. The van der Waals surface area contributed by atoms with Gasteiger partial charge in [-0.3, -0.25) is 0 Å². The summed E-state index contributed by atoms with van der Waals surface area (Å²) < 4.78 is 43.7. The Balaban J connectivity index is 2.27. The molecule has 0 radical (unpaired) electrons. The zero-order chi connectivity index (χ0) is 14.0. The smallest absolute Gasteiger partial charge is 0.379 e. The van der Waals surface area contributed by atoms with Crippen LogP contribution in [-0.2, 0) is 10.9 Å². The molecule has 1 aromatic rings. The van der Waals surface area contributed by atoms with Crippen molar-refractivity contribution in [3.8, 4) is 0 Å². The molecular formula is C14H18F3NO. The standard InChI is InChI=1S/C14H18F3NO/c1-18-12(13(19-2)9-6-7-9)10-4-3-5-11(8-10)14(15,16)17/h3-5,8-9,12-13,18H,6-7H2,1-2H3. The summed E-state index contributed by atoms with van der Waals surface area (Å²) >= 11 is 0. The number of rotatable bonds is 5. The van der Waals surface area contributed by atoms with E-state index in [2.05, 4.69) is 5.32 Å². The lowest BCUT2D eigenvalue weighted by Crippen LogP contribution is -2.32. The number of halogens is 3. The third-order valence-corrected chi connectivity index (χ3v) is 3.57. The third-order valence-electron chi connectivity index (χ3n) is 3.57. The first-order valence-corrected chi connectivity index (χ1v) is 6.34. The Kier molecular flexibility index (Phi) is 4.16. The van der Waals surface area contributed by atoms with Crippen LogP contribution in [0.4, 0.5) is 13.2 Å². The topological polar surface area (TPSA) is 21.3 Å². The van der Waals surface area contributed by atoms with Gasteiger partial charge in [0.25, 0.3) is 0 Å². The maximum Gasteiger partial charge on any atom is 0.416 e. The van der Waals surface area contributed by atoms with Gasteiger partial charge in [-0.25, -0.2) is 0 Å². The molecule has 0 amide bonds. The number of methoxy groups -OCH3 is 1. The van der Waals surface area contributed by atoms with Gasteiger partial charge in [-0.2, -0.15) is 13.2 Å². The van der Waals surface area contributed by atoms with Gasteiger partial charge >= 0.3 is 6.18 Å².